The number of nitrogens with one attached hydrogen (secondary N) is 1. The average Bonchev–Trinajstić information content (AvgIpc) is 2.73. The average molecular weight is 348 g/mol. The molecule has 1 heterocycles. The van der Waals surface area contributed by atoms with Crippen molar-refractivity contribution in [3.63, 3.8) is 0 Å². The van der Waals surface area contributed by atoms with E-state index in [9.17, 15) is 10.1 Å². The fourth-order valence-electron chi connectivity index (χ4n) is 1.40. The Bertz CT molecular complexity index is 588. The summed E-state index contributed by atoms with van der Waals surface area (Å²) in [5.74, 6) is 0. The number of hydrogen-bond acceptors (Lipinski definition) is 4. The molecule has 0 unspecified atom stereocenters. The van der Waals surface area contributed by atoms with E-state index >= 15 is 0 Å². The highest BCUT2D eigenvalue weighted by molar-refractivity contribution is 9.10. The third-order valence-electron chi connectivity index (χ3n) is 2.29. The van der Waals surface area contributed by atoms with Crippen LogP contribution < -0.4 is 5.32 Å². The van der Waals surface area contributed by atoms with Crippen molar-refractivity contribution in [3.8, 4) is 0 Å². The first-order valence-corrected chi connectivity index (χ1v) is 7.02. The molecule has 0 fully saturated rings. The lowest BCUT2D eigenvalue weighted by atomic mass is 10.2. The van der Waals surface area contributed by atoms with Crippen molar-refractivity contribution < 1.29 is 4.92 Å². The van der Waals surface area contributed by atoms with Crippen LogP contribution in [0.1, 0.15) is 4.88 Å². The molecule has 0 atom stereocenters. The summed E-state index contributed by atoms with van der Waals surface area (Å²) >= 11 is 10.8. The molecule has 94 valence electrons. The van der Waals surface area contributed by atoms with E-state index in [-0.39, 0.29) is 10.7 Å². The number of rotatable bonds is 4. The van der Waals surface area contributed by atoms with Crippen LogP contribution in [-0.2, 0) is 6.54 Å². The van der Waals surface area contributed by atoms with Gasteiger partial charge in [0.1, 0.15) is 5.02 Å². The number of benzene rings is 1. The number of halogens is 2. The summed E-state index contributed by atoms with van der Waals surface area (Å²) in [5.41, 5.74) is 0.582. The SMILES string of the molecule is O=[N+]([O-])c1cc(NCc2sccc2Br)ccc1Cl. The normalized spacial score (nSPS) is 10.3. The number of nitro groups is 1. The molecule has 0 saturated carbocycles. The first-order chi connectivity index (χ1) is 8.58. The van der Waals surface area contributed by atoms with Crippen LogP contribution in [0.25, 0.3) is 0 Å². The molecule has 4 nitrogen and oxygen atoms in total. The predicted octanol–water partition coefficient (Wildman–Crippen LogP) is 4.68. The monoisotopic (exact) mass is 346 g/mol. The maximum atomic E-state index is 10.7. The molecule has 0 bridgehead atoms. The van der Waals surface area contributed by atoms with E-state index in [1.54, 1.807) is 17.4 Å². The van der Waals surface area contributed by atoms with Crippen molar-refractivity contribution in [1.82, 2.24) is 0 Å². The van der Waals surface area contributed by atoms with Gasteiger partial charge in [-0.05, 0) is 39.5 Å². The molecule has 0 spiro atoms. The van der Waals surface area contributed by atoms with Crippen LogP contribution in [0.2, 0.25) is 5.02 Å². The van der Waals surface area contributed by atoms with Gasteiger partial charge in [-0.25, -0.2) is 0 Å². The van der Waals surface area contributed by atoms with Crippen LogP contribution >= 0.6 is 38.9 Å². The zero-order chi connectivity index (χ0) is 13.1. The third kappa shape index (κ3) is 3.01. The minimum absolute atomic E-state index is 0.0908. The van der Waals surface area contributed by atoms with Crippen LogP contribution in [-0.4, -0.2) is 4.92 Å². The second kappa shape index (κ2) is 5.69. The lowest BCUT2D eigenvalue weighted by molar-refractivity contribution is -0.384. The zero-order valence-electron chi connectivity index (χ0n) is 9.02. The minimum Gasteiger partial charge on any atom is -0.380 e. The van der Waals surface area contributed by atoms with E-state index in [0.717, 1.165) is 9.35 Å². The molecule has 1 N–H and O–H groups in total. The second-order valence-electron chi connectivity index (χ2n) is 3.47. The maximum Gasteiger partial charge on any atom is 0.289 e. The van der Waals surface area contributed by atoms with Gasteiger partial charge in [0.15, 0.2) is 0 Å². The summed E-state index contributed by atoms with van der Waals surface area (Å²) < 4.78 is 1.03. The molecule has 1 aromatic heterocycles. The standard InChI is InChI=1S/C11H8BrClN2O2S/c12-8-3-4-18-11(8)6-14-7-1-2-9(13)10(5-7)15(16)17/h1-5,14H,6H2. The van der Waals surface area contributed by atoms with Gasteiger partial charge in [0.25, 0.3) is 5.69 Å². The highest BCUT2D eigenvalue weighted by Gasteiger charge is 2.12. The topological polar surface area (TPSA) is 55.2 Å². The highest BCUT2D eigenvalue weighted by atomic mass is 79.9. The van der Waals surface area contributed by atoms with E-state index in [2.05, 4.69) is 21.2 Å². The summed E-state index contributed by atoms with van der Waals surface area (Å²) in [5, 5.41) is 16.0. The van der Waals surface area contributed by atoms with Gasteiger partial charge >= 0.3 is 0 Å². The first-order valence-electron chi connectivity index (χ1n) is 4.97. The Morgan fingerprint density at radius 2 is 2.22 bits per heavy atom. The third-order valence-corrected chi connectivity index (χ3v) is 4.53. The lowest BCUT2D eigenvalue weighted by Gasteiger charge is -2.05. The zero-order valence-corrected chi connectivity index (χ0v) is 12.2. The number of anilines is 1. The quantitative estimate of drug-likeness (QED) is 0.645. The number of hydrogen-bond donors (Lipinski definition) is 1. The fraction of sp³-hybridized carbons (Fsp3) is 0.0909. The maximum absolute atomic E-state index is 10.7. The van der Waals surface area contributed by atoms with E-state index in [1.807, 2.05) is 11.4 Å². The summed E-state index contributed by atoms with van der Waals surface area (Å²) in [6, 6.07) is 6.64. The number of nitro benzene ring substituents is 1. The van der Waals surface area contributed by atoms with Gasteiger partial charge < -0.3 is 5.32 Å². The van der Waals surface area contributed by atoms with Gasteiger partial charge in [-0.3, -0.25) is 10.1 Å². The van der Waals surface area contributed by atoms with Crippen LogP contribution in [0.15, 0.2) is 34.1 Å². The van der Waals surface area contributed by atoms with Gasteiger partial charge in [0, 0.05) is 21.1 Å². The number of nitrogens with zero attached hydrogens (tertiary/aromatic N) is 1. The number of thiophene rings is 1. The van der Waals surface area contributed by atoms with Crippen LogP contribution in [0, 0.1) is 10.1 Å². The van der Waals surface area contributed by atoms with Crippen molar-refractivity contribution in [2.45, 2.75) is 6.54 Å². The smallest absolute Gasteiger partial charge is 0.289 e. The molecule has 0 aliphatic carbocycles. The van der Waals surface area contributed by atoms with Crippen molar-refractivity contribution in [3.05, 3.63) is 54.1 Å². The summed E-state index contributed by atoms with van der Waals surface area (Å²) in [6.45, 7) is 0.608. The van der Waals surface area contributed by atoms with E-state index in [1.165, 1.54) is 12.1 Å². The molecule has 1 aromatic carbocycles. The lowest BCUT2D eigenvalue weighted by Crippen LogP contribution is -1.99. The second-order valence-corrected chi connectivity index (χ2v) is 5.73. The van der Waals surface area contributed by atoms with Gasteiger partial charge in [0.2, 0.25) is 0 Å². The van der Waals surface area contributed by atoms with E-state index < -0.39 is 4.92 Å². The van der Waals surface area contributed by atoms with Gasteiger partial charge in [-0.2, -0.15) is 0 Å². The molecule has 7 heteroatoms. The van der Waals surface area contributed by atoms with Crippen molar-refractivity contribution in [2.24, 2.45) is 0 Å². The van der Waals surface area contributed by atoms with Gasteiger partial charge in [0.05, 0.1) is 11.5 Å². The predicted molar refractivity (Wildman–Crippen MR) is 77.5 cm³/mol. The summed E-state index contributed by atoms with van der Waals surface area (Å²) in [4.78, 5) is 11.4. The summed E-state index contributed by atoms with van der Waals surface area (Å²) in [6.07, 6.45) is 0. The Balaban J connectivity index is 2.13. The largest absolute Gasteiger partial charge is 0.380 e. The van der Waals surface area contributed by atoms with Gasteiger partial charge in [-0.15, -0.1) is 11.3 Å². The van der Waals surface area contributed by atoms with Crippen molar-refractivity contribution >= 4 is 50.2 Å². The molecular formula is C11H8BrClN2O2S. The molecule has 0 amide bonds. The summed E-state index contributed by atoms with van der Waals surface area (Å²) in [7, 11) is 0. The molecule has 0 aliphatic rings. The molecule has 0 aliphatic heterocycles. The Labute approximate surface area is 121 Å². The van der Waals surface area contributed by atoms with E-state index in [0.29, 0.717) is 12.2 Å². The first kappa shape index (κ1) is 13.3. The van der Waals surface area contributed by atoms with Crippen molar-refractivity contribution in [1.29, 1.82) is 0 Å². The fourth-order valence-corrected chi connectivity index (χ4v) is 3.01. The Kier molecular flexibility index (Phi) is 4.21. The van der Waals surface area contributed by atoms with Crippen molar-refractivity contribution in [2.75, 3.05) is 5.32 Å². The molecule has 18 heavy (non-hydrogen) atoms. The van der Waals surface area contributed by atoms with Gasteiger partial charge in [-0.1, -0.05) is 11.6 Å². The minimum atomic E-state index is -0.491. The molecule has 2 aromatic rings. The Morgan fingerprint density at radius 3 is 2.83 bits per heavy atom. The molecule has 0 radical (unpaired) electrons. The Hall–Kier alpha value is -1.11. The van der Waals surface area contributed by atoms with E-state index in [4.69, 9.17) is 11.6 Å². The van der Waals surface area contributed by atoms with Crippen LogP contribution in [0.5, 0.6) is 0 Å². The van der Waals surface area contributed by atoms with Crippen LogP contribution in [0.4, 0.5) is 11.4 Å². The molecule has 2 rings (SSSR count). The van der Waals surface area contributed by atoms with Crippen LogP contribution in [0.3, 0.4) is 0 Å². The Morgan fingerprint density at radius 1 is 1.44 bits per heavy atom. The molecule has 0 saturated heterocycles. The molecular weight excluding hydrogens is 340 g/mol. The highest BCUT2D eigenvalue weighted by Crippen LogP contribution is 2.28.